The molecule has 2 aromatic rings. The summed E-state index contributed by atoms with van der Waals surface area (Å²) >= 11 is 11.3. The van der Waals surface area contributed by atoms with Crippen LogP contribution in [0.25, 0.3) is 0 Å². The van der Waals surface area contributed by atoms with Gasteiger partial charge in [-0.25, -0.2) is 0 Å². The SMILES string of the molecule is Cc1csc(C(O)Cc2cc(Br)cc3c2OCC3)c1Cl. The van der Waals surface area contributed by atoms with Crippen LogP contribution < -0.4 is 4.74 Å². The van der Waals surface area contributed by atoms with E-state index >= 15 is 0 Å². The van der Waals surface area contributed by atoms with Crippen LogP contribution in [-0.2, 0) is 12.8 Å². The summed E-state index contributed by atoms with van der Waals surface area (Å²) in [5.41, 5.74) is 3.25. The largest absolute Gasteiger partial charge is 0.493 e. The molecule has 2 nitrogen and oxygen atoms in total. The van der Waals surface area contributed by atoms with Gasteiger partial charge in [0.05, 0.1) is 22.6 Å². The first-order chi connectivity index (χ1) is 9.56. The maximum atomic E-state index is 10.4. The van der Waals surface area contributed by atoms with E-state index in [1.165, 1.54) is 16.9 Å². The van der Waals surface area contributed by atoms with E-state index in [2.05, 4.69) is 22.0 Å². The number of rotatable bonds is 3. The second kappa shape index (κ2) is 5.68. The van der Waals surface area contributed by atoms with Crippen LogP contribution in [0.15, 0.2) is 22.0 Å². The standard InChI is InChI=1S/C15H14BrClO2S/c1-8-7-20-15(13(8)17)12(18)6-10-5-11(16)4-9-2-3-19-14(9)10/h4-5,7,12,18H,2-3,6H2,1H3. The molecule has 0 fully saturated rings. The van der Waals surface area contributed by atoms with Crippen molar-refractivity contribution in [2.75, 3.05) is 6.61 Å². The summed E-state index contributed by atoms with van der Waals surface area (Å²) in [6.45, 7) is 2.67. The second-order valence-corrected chi connectivity index (χ2v) is 7.17. The predicted octanol–water partition coefficient (Wildman–Crippen LogP) is 4.68. The minimum atomic E-state index is -0.594. The number of hydrogen-bond donors (Lipinski definition) is 1. The normalized spacial score (nSPS) is 15.0. The zero-order valence-electron chi connectivity index (χ0n) is 11.0. The van der Waals surface area contributed by atoms with Crippen LogP contribution in [0.5, 0.6) is 5.75 Å². The predicted molar refractivity (Wildman–Crippen MR) is 86.1 cm³/mol. The number of aryl methyl sites for hydroxylation is 1. The van der Waals surface area contributed by atoms with Crippen molar-refractivity contribution in [3.63, 3.8) is 0 Å². The molecular weight excluding hydrogens is 360 g/mol. The van der Waals surface area contributed by atoms with Crippen molar-refractivity contribution >= 4 is 38.9 Å². The highest BCUT2D eigenvalue weighted by atomic mass is 79.9. The molecule has 1 aromatic carbocycles. The first-order valence-electron chi connectivity index (χ1n) is 6.42. The van der Waals surface area contributed by atoms with Gasteiger partial charge in [0.2, 0.25) is 0 Å². The molecule has 0 saturated carbocycles. The van der Waals surface area contributed by atoms with E-state index in [0.717, 1.165) is 32.6 Å². The van der Waals surface area contributed by atoms with Gasteiger partial charge in [-0.1, -0.05) is 27.5 Å². The van der Waals surface area contributed by atoms with Crippen LogP contribution in [0.4, 0.5) is 0 Å². The summed E-state index contributed by atoms with van der Waals surface area (Å²) in [4.78, 5) is 0.830. The maximum Gasteiger partial charge on any atom is 0.125 e. The lowest BCUT2D eigenvalue weighted by Gasteiger charge is -2.13. The zero-order valence-corrected chi connectivity index (χ0v) is 14.1. The molecule has 3 rings (SSSR count). The highest BCUT2D eigenvalue weighted by Crippen LogP contribution is 2.38. The van der Waals surface area contributed by atoms with Crippen molar-refractivity contribution in [3.05, 3.63) is 48.6 Å². The van der Waals surface area contributed by atoms with Crippen molar-refractivity contribution in [1.29, 1.82) is 0 Å². The number of aliphatic hydroxyl groups excluding tert-OH is 1. The van der Waals surface area contributed by atoms with Gasteiger partial charge in [-0.15, -0.1) is 11.3 Å². The summed E-state index contributed by atoms with van der Waals surface area (Å²) < 4.78 is 6.72. The average Bonchev–Trinajstić information content (AvgIpc) is 2.97. The summed E-state index contributed by atoms with van der Waals surface area (Å²) in [6.07, 6.45) is 0.849. The third-order valence-electron chi connectivity index (χ3n) is 3.47. The Morgan fingerprint density at radius 2 is 2.30 bits per heavy atom. The van der Waals surface area contributed by atoms with Gasteiger partial charge in [-0.3, -0.25) is 0 Å². The minimum Gasteiger partial charge on any atom is -0.493 e. The molecular formula is C15H14BrClO2S. The number of hydrogen-bond acceptors (Lipinski definition) is 3. The molecule has 2 heterocycles. The zero-order chi connectivity index (χ0) is 14.3. The van der Waals surface area contributed by atoms with Crippen LogP contribution in [0, 0.1) is 6.92 Å². The van der Waals surface area contributed by atoms with Crippen molar-refractivity contribution in [1.82, 2.24) is 0 Å². The van der Waals surface area contributed by atoms with E-state index in [9.17, 15) is 5.11 Å². The van der Waals surface area contributed by atoms with Crippen molar-refractivity contribution < 1.29 is 9.84 Å². The Morgan fingerprint density at radius 1 is 1.50 bits per heavy atom. The van der Waals surface area contributed by atoms with E-state index in [4.69, 9.17) is 16.3 Å². The van der Waals surface area contributed by atoms with Gasteiger partial charge in [-0.05, 0) is 41.1 Å². The third-order valence-corrected chi connectivity index (χ3v) is 5.74. The Hall–Kier alpha value is -0.550. The Labute approximate surface area is 135 Å². The van der Waals surface area contributed by atoms with Crippen LogP contribution in [-0.4, -0.2) is 11.7 Å². The monoisotopic (exact) mass is 372 g/mol. The summed E-state index contributed by atoms with van der Waals surface area (Å²) in [5.74, 6) is 0.927. The van der Waals surface area contributed by atoms with E-state index in [1.54, 1.807) is 0 Å². The molecule has 1 unspecified atom stereocenters. The van der Waals surface area contributed by atoms with Crippen LogP contribution >= 0.6 is 38.9 Å². The number of fused-ring (bicyclic) bond motifs is 1. The van der Waals surface area contributed by atoms with Crippen LogP contribution in [0.1, 0.15) is 27.7 Å². The molecule has 0 bridgehead atoms. The fraction of sp³-hybridized carbons (Fsp3) is 0.333. The molecule has 1 aliphatic rings. The molecule has 1 aromatic heterocycles. The molecule has 1 N–H and O–H groups in total. The molecule has 0 aliphatic carbocycles. The lowest BCUT2D eigenvalue weighted by Crippen LogP contribution is -2.02. The number of thiophene rings is 1. The minimum absolute atomic E-state index is 0.515. The lowest BCUT2D eigenvalue weighted by atomic mass is 10.0. The summed E-state index contributed by atoms with van der Waals surface area (Å²) in [5, 5.41) is 13.1. The third kappa shape index (κ3) is 2.62. The van der Waals surface area contributed by atoms with Crippen molar-refractivity contribution in [2.45, 2.75) is 25.9 Å². The molecule has 106 valence electrons. The number of halogens is 2. The summed E-state index contributed by atoms with van der Waals surface area (Å²) in [6, 6.07) is 4.10. The molecule has 1 atom stereocenters. The first kappa shape index (κ1) is 14.4. The topological polar surface area (TPSA) is 29.5 Å². The molecule has 5 heteroatoms. The van der Waals surface area contributed by atoms with Gasteiger partial charge in [0.1, 0.15) is 5.75 Å². The van der Waals surface area contributed by atoms with E-state index in [1.807, 2.05) is 18.4 Å². The van der Waals surface area contributed by atoms with Gasteiger partial charge in [0.25, 0.3) is 0 Å². The lowest BCUT2D eigenvalue weighted by molar-refractivity contribution is 0.181. The smallest absolute Gasteiger partial charge is 0.125 e. The highest BCUT2D eigenvalue weighted by molar-refractivity contribution is 9.10. The molecule has 0 radical (unpaired) electrons. The Balaban J connectivity index is 1.90. The number of ether oxygens (including phenoxy) is 1. The molecule has 1 aliphatic heterocycles. The van der Waals surface area contributed by atoms with Gasteiger partial charge < -0.3 is 9.84 Å². The Bertz CT molecular complexity index is 654. The molecule has 20 heavy (non-hydrogen) atoms. The summed E-state index contributed by atoms with van der Waals surface area (Å²) in [7, 11) is 0. The number of benzene rings is 1. The molecule has 0 amide bonds. The van der Waals surface area contributed by atoms with Crippen LogP contribution in [0.2, 0.25) is 5.02 Å². The second-order valence-electron chi connectivity index (χ2n) is 4.97. The quantitative estimate of drug-likeness (QED) is 0.846. The van der Waals surface area contributed by atoms with Gasteiger partial charge >= 0.3 is 0 Å². The fourth-order valence-corrected chi connectivity index (χ4v) is 4.33. The molecule has 0 saturated heterocycles. The molecule has 0 spiro atoms. The maximum absolute atomic E-state index is 10.4. The fourth-order valence-electron chi connectivity index (χ4n) is 2.47. The van der Waals surface area contributed by atoms with E-state index in [0.29, 0.717) is 18.1 Å². The van der Waals surface area contributed by atoms with Gasteiger partial charge in [0, 0.05) is 17.3 Å². The van der Waals surface area contributed by atoms with Crippen molar-refractivity contribution in [3.8, 4) is 5.75 Å². The highest BCUT2D eigenvalue weighted by Gasteiger charge is 2.22. The van der Waals surface area contributed by atoms with Gasteiger partial charge in [-0.2, -0.15) is 0 Å². The Kier molecular flexibility index (Phi) is 4.09. The Morgan fingerprint density at radius 3 is 3.00 bits per heavy atom. The number of aliphatic hydroxyl groups is 1. The van der Waals surface area contributed by atoms with E-state index < -0.39 is 6.10 Å². The average molecular weight is 374 g/mol. The van der Waals surface area contributed by atoms with Crippen LogP contribution in [0.3, 0.4) is 0 Å². The van der Waals surface area contributed by atoms with Crippen molar-refractivity contribution in [2.24, 2.45) is 0 Å². The van der Waals surface area contributed by atoms with Gasteiger partial charge in [0.15, 0.2) is 0 Å². The first-order valence-corrected chi connectivity index (χ1v) is 8.47. The van der Waals surface area contributed by atoms with E-state index in [-0.39, 0.29) is 0 Å².